The summed E-state index contributed by atoms with van der Waals surface area (Å²) in [4.78, 5) is 60.1. The number of carbonyl (C=O) groups is 2. The molecule has 61 heavy (non-hydrogen) atoms. The largest absolute Gasteiger partial charge is 0.496 e. The summed E-state index contributed by atoms with van der Waals surface area (Å²) in [6.45, 7) is 5.40. The molecule has 0 radical (unpaired) electrons. The number of likely N-dealkylation sites (tertiary alicyclic amines) is 2. The number of para-hydroxylation sites is 1. The number of H-pyrrole nitrogens is 2. The number of ether oxygens (including phenoxy) is 1. The molecular weight excluding hydrogens is 783 g/mol. The van der Waals surface area contributed by atoms with Crippen LogP contribution in [0.25, 0.3) is 44.8 Å². The minimum Gasteiger partial charge on any atom is -0.496 e. The molecule has 314 valence electrons. The lowest BCUT2D eigenvalue weighted by molar-refractivity contribution is -0.130. The highest BCUT2D eigenvalue weighted by molar-refractivity contribution is 5.97. The molecular formula is C44H46F2N12O3. The lowest BCUT2D eigenvalue weighted by atomic mass is 9.97. The standard InChI is InChI=1S/C25H25FN6O2.C19H21FN6O/c1-34-21-9-3-2-7-18(21)25(33)32-11-5-6-16(15-32)12-28-24-20(26)14-30-23(31-24)19-13-29-22-17(19)8-4-10-27-22;1-12(27)26-7-3-4-13(11-26)8-22-19-16(20)10-24-18(25-19)15-9-23-17-14(15)5-2-6-21-17/h2-4,7-10,13-14,16H,5-6,11-12,15H2,1H3,(H,27,29)(H,28,30,31);2,5-6,9-10,13H,3-4,7-8,11H2,1H3,(H,21,23)(H,22,24,25). The molecule has 0 aliphatic carbocycles. The van der Waals surface area contributed by atoms with Gasteiger partial charge >= 0.3 is 0 Å². The number of aromatic amines is 2. The maximum Gasteiger partial charge on any atom is 0.257 e. The summed E-state index contributed by atoms with van der Waals surface area (Å²) in [5.74, 6) is 1.22. The van der Waals surface area contributed by atoms with Gasteiger partial charge in [0, 0.05) is 92.9 Å². The number of nitrogens with zero attached hydrogens (tertiary/aromatic N) is 8. The van der Waals surface area contributed by atoms with Crippen molar-refractivity contribution in [2.24, 2.45) is 11.8 Å². The van der Waals surface area contributed by atoms with Crippen molar-refractivity contribution in [3.63, 3.8) is 0 Å². The average Bonchev–Trinajstić information content (AvgIpc) is 3.94. The van der Waals surface area contributed by atoms with Crippen LogP contribution in [0, 0.1) is 23.5 Å². The topological polar surface area (TPSA) is 183 Å². The molecule has 15 nitrogen and oxygen atoms in total. The molecule has 2 fully saturated rings. The van der Waals surface area contributed by atoms with Gasteiger partial charge in [-0.2, -0.15) is 0 Å². The molecule has 2 aliphatic rings. The van der Waals surface area contributed by atoms with Crippen LogP contribution >= 0.6 is 0 Å². The number of rotatable bonds is 10. The van der Waals surface area contributed by atoms with Crippen LogP contribution in [0.5, 0.6) is 5.75 Å². The Morgan fingerprint density at radius 1 is 0.738 bits per heavy atom. The highest BCUT2D eigenvalue weighted by Gasteiger charge is 2.27. The number of hydrogen-bond donors (Lipinski definition) is 4. The molecule has 8 heterocycles. The first-order chi connectivity index (χ1) is 29.7. The minimum absolute atomic E-state index is 0.0504. The number of halogens is 2. The van der Waals surface area contributed by atoms with Gasteiger partial charge in [-0.25, -0.2) is 38.7 Å². The predicted molar refractivity (Wildman–Crippen MR) is 228 cm³/mol. The Hall–Kier alpha value is -7.04. The van der Waals surface area contributed by atoms with Gasteiger partial charge in [-0.1, -0.05) is 12.1 Å². The summed E-state index contributed by atoms with van der Waals surface area (Å²) in [5, 5.41) is 8.00. The van der Waals surface area contributed by atoms with Crippen LogP contribution in [-0.2, 0) is 4.79 Å². The second-order valence-corrected chi connectivity index (χ2v) is 15.2. The van der Waals surface area contributed by atoms with Gasteiger partial charge in [-0.05, 0) is 73.9 Å². The van der Waals surface area contributed by atoms with Gasteiger partial charge < -0.3 is 35.1 Å². The van der Waals surface area contributed by atoms with Crippen molar-refractivity contribution in [3.8, 4) is 28.5 Å². The summed E-state index contributed by atoms with van der Waals surface area (Å²) >= 11 is 0. The highest BCUT2D eigenvalue weighted by atomic mass is 19.1. The van der Waals surface area contributed by atoms with E-state index in [1.165, 1.54) is 12.4 Å². The van der Waals surface area contributed by atoms with Crippen molar-refractivity contribution < 1.29 is 23.1 Å². The molecule has 2 amide bonds. The molecule has 0 bridgehead atoms. The normalized spacial score (nSPS) is 16.5. The number of anilines is 2. The number of piperidine rings is 2. The second-order valence-electron chi connectivity index (χ2n) is 15.2. The van der Waals surface area contributed by atoms with Gasteiger partial charge in [-0.15, -0.1) is 0 Å². The Balaban J connectivity index is 0.000000173. The number of hydrogen-bond acceptors (Lipinski definition) is 11. The zero-order valence-electron chi connectivity index (χ0n) is 33.9. The van der Waals surface area contributed by atoms with Crippen LogP contribution in [-0.4, -0.2) is 108 Å². The lowest BCUT2D eigenvalue weighted by Crippen LogP contribution is -2.42. The first-order valence-corrected chi connectivity index (χ1v) is 20.3. The van der Waals surface area contributed by atoms with Crippen molar-refractivity contribution in [1.29, 1.82) is 0 Å². The van der Waals surface area contributed by atoms with E-state index in [0.717, 1.165) is 65.4 Å². The molecule has 6 aromatic heterocycles. The van der Waals surface area contributed by atoms with Crippen molar-refractivity contribution in [1.82, 2.24) is 49.7 Å². The third-order valence-electron chi connectivity index (χ3n) is 11.1. The van der Waals surface area contributed by atoms with Crippen molar-refractivity contribution in [2.75, 3.05) is 57.0 Å². The number of methoxy groups -OCH3 is 1. The van der Waals surface area contributed by atoms with E-state index in [9.17, 15) is 18.4 Å². The molecule has 9 rings (SSSR count). The minimum atomic E-state index is -0.514. The van der Waals surface area contributed by atoms with E-state index in [-0.39, 0.29) is 35.3 Å². The van der Waals surface area contributed by atoms with Crippen LogP contribution in [0.3, 0.4) is 0 Å². The van der Waals surface area contributed by atoms with Crippen molar-refractivity contribution >= 4 is 45.5 Å². The molecule has 0 spiro atoms. The van der Waals surface area contributed by atoms with Crippen molar-refractivity contribution in [3.05, 3.63) is 103 Å². The number of nitrogens with one attached hydrogen (secondary N) is 4. The van der Waals surface area contributed by atoms with E-state index < -0.39 is 11.6 Å². The molecule has 2 saturated heterocycles. The molecule has 4 N–H and O–H groups in total. The SMILES string of the molecule is CC(=O)N1CCCC(CNc2nc(-c3c[nH]c4ncccc34)ncc2F)C1.COc1ccccc1C(=O)N1CCCC(CNc2nc(-c3c[nH]c4ncccc34)ncc2F)C1. The van der Waals surface area contributed by atoms with Crippen LogP contribution in [0.1, 0.15) is 43.0 Å². The third kappa shape index (κ3) is 9.25. The summed E-state index contributed by atoms with van der Waals surface area (Å²) in [6.07, 6.45) is 13.1. The first-order valence-electron chi connectivity index (χ1n) is 20.3. The van der Waals surface area contributed by atoms with E-state index in [2.05, 4.69) is 50.5 Å². The fraction of sp³-hybridized carbons (Fsp3) is 0.318. The maximum atomic E-state index is 14.5. The van der Waals surface area contributed by atoms with Crippen LogP contribution in [0.4, 0.5) is 20.4 Å². The molecule has 2 unspecified atom stereocenters. The summed E-state index contributed by atoms with van der Waals surface area (Å²) in [5.41, 5.74) is 3.56. The Kier molecular flexibility index (Phi) is 12.3. The molecule has 1 aromatic carbocycles. The van der Waals surface area contributed by atoms with Gasteiger partial charge in [0.1, 0.15) is 17.0 Å². The van der Waals surface area contributed by atoms with E-state index in [4.69, 9.17) is 4.74 Å². The van der Waals surface area contributed by atoms with Crippen LogP contribution in [0.15, 0.2) is 85.7 Å². The van der Waals surface area contributed by atoms with Crippen LogP contribution < -0.4 is 15.4 Å². The second kappa shape index (κ2) is 18.5. The van der Waals surface area contributed by atoms with Gasteiger partial charge in [0.15, 0.2) is 34.9 Å². The Labute approximate surface area is 350 Å². The molecule has 2 aliphatic heterocycles. The van der Waals surface area contributed by atoms with Crippen LogP contribution in [0.2, 0.25) is 0 Å². The van der Waals surface area contributed by atoms with E-state index in [1.807, 2.05) is 46.2 Å². The average molecular weight is 829 g/mol. The third-order valence-corrected chi connectivity index (χ3v) is 11.1. The number of fused-ring (bicyclic) bond motifs is 2. The molecule has 2 atom stereocenters. The number of carbonyl (C=O) groups excluding carboxylic acids is 2. The Morgan fingerprint density at radius 3 is 1.80 bits per heavy atom. The number of aromatic nitrogens is 8. The summed E-state index contributed by atoms with van der Waals surface area (Å²) < 4.78 is 34.1. The zero-order valence-corrected chi connectivity index (χ0v) is 33.9. The fourth-order valence-electron chi connectivity index (χ4n) is 7.93. The Morgan fingerprint density at radius 2 is 1.26 bits per heavy atom. The highest BCUT2D eigenvalue weighted by Crippen LogP contribution is 2.29. The van der Waals surface area contributed by atoms with Gasteiger partial charge in [0.25, 0.3) is 5.91 Å². The van der Waals surface area contributed by atoms with Gasteiger partial charge in [-0.3, -0.25) is 9.59 Å². The quantitative estimate of drug-likeness (QED) is 0.112. The smallest absolute Gasteiger partial charge is 0.257 e. The predicted octanol–water partition coefficient (Wildman–Crippen LogP) is 6.96. The number of amides is 2. The van der Waals surface area contributed by atoms with Crippen molar-refractivity contribution in [2.45, 2.75) is 32.6 Å². The van der Waals surface area contributed by atoms with E-state index >= 15 is 0 Å². The molecule has 7 aromatic rings. The Bertz CT molecular complexity index is 2650. The maximum absolute atomic E-state index is 14.5. The number of benzene rings is 1. The van der Waals surface area contributed by atoms with Gasteiger partial charge in [0.2, 0.25) is 5.91 Å². The summed E-state index contributed by atoms with van der Waals surface area (Å²) in [6, 6.07) is 14.8. The monoisotopic (exact) mass is 828 g/mol. The van der Waals surface area contributed by atoms with Gasteiger partial charge in [0.05, 0.1) is 25.1 Å². The first kappa shape index (κ1) is 40.7. The molecule has 0 saturated carbocycles. The molecule has 17 heteroatoms. The lowest BCUT2D eigenvalue weighted by Gasteiger charge is -2.33. The number of pyridine rings is 2. The summed E-state index contributed by atoms with van der Waals surface area (Å²) in [7, 11) is 1.56. The van der Waals surface area contributed by atoms with E-state index in [1.54, 1.807) is 51.0 Å². The zero-order chi connectivity index (χ0) is 42.3. The van der Waals surface area contributed by atoms with E-state index in [0.29, 0.717) is 55.7 Å². The fourth-order valence-corrected chi connectivity index (χ4v) is 7.93.